The predicted molar refractivity (Wildman–Crippen MR) is 87.0 cm³/mol. The van der Waals surface area contributed by atoms with E-state index in [0.29, 0.717) is 6.54 Å². The zero-order chi connectivity index (χ0) is 15.6. The average Bonchev–Trinajstić information content (AvgIpc) is 2.51. The van der Waals surface area contributed by atoms with E-state index in [9.17, 15) is 4.79 Å². The highest BCUT2D eigenvalue weighted by Gasteiger charge is 2.38. The fraction of sp³-hybridized carbons (Fsp3) is 0.611. The first-order valence-electron chi connectivity index (χ1n) is 8.25. The fourth-order valence-corrected chi connectivity index (χ4v) is 3.49. The van der Waals surface area contributed by atoms with E-state index in [0.717, 1.165) is 38.9 Å². The molecule has 0 radical (unpaired) electrons. The number of carbonyl (C=O) groups excluding carboxylic acids is 1. The van der Waals surface area contributed by atoms with Gasteiger partial charge in [-0.15, -0.1) is 0 Å². The highest BCUT2D eigenvalue weighted by molar-refractivity contribution is 5.78. The summed E-state index contributed by atoms with van der Waals surface area (Å²) in [4.78, 5) is 13.7. The zero-order valence-corrected chi connectivity index (χ0v) is 13.7. The van der Waals surface area contributed by atoms with Gasteiger partial charge in [0.2, 0.25) is 5.91 Å². The van der Waals surface area contributed by atoms with Crippen molar-refractivity contribution in [2.75, 3.05) is 32.8 Å². The molecule has 4 heteroatoms. The first kappa shape index (κ1) is 15.5. The fourth-order valence-electron chi connectivity index (χ4n) is 3.49. The number of hydrogen-bond acceptors (Lipinski definition) is 3. The molecule has 1 N–H and O–H groups in total. The van der Waals surface area contributed by atoms with Crippen LogP contribution < -0.4 is 5.32 Å². The minimum atomic E-state index is -0.107. The van der Waals surface area contributed by atoms with Gasteiger partial charge in [-0.2, -0.15) is 0 Å². The second kappa shape index (κ2) is 6.39. The van der Waals surface area contributed by atoms with E-state index in [4.69, 9.17) is 4.74 Å². The second-order valence-corrected chi connectivity index (χ2v) is 6.77. The molecule has 3 rings (SSSR count). The molecule has 2 fully saturated rings. The van der Waals surface area contributed by atoms with Crippen molar-refractivity contribution >= 4 is 5.91 Å². The number of benzene rings is 1. The van der Waals surface area contributed by atoms with Crippen molar-refractivity contribution in [2.45, 2.75) is 38.7 Å². The number of rotatable bonds is 3. The Labute approximate surface area is 132 Å². The number of hydrogen-bond donors (Lipinski definition) is 1. The summed E-state index contributed by atoms with van der Waals surface area (Å²) in [5.41, 5.74) is 4.07. The molecule has 2 heterocycles. The van der Waals surface area contributed by atoms with E-state index in [1.54, 1.807) is 0 Å². The van der Waals surface area contributed by atoms with Crippen LogP contribution in [0.5, 0.6) is 0 Å². The topological polar surface area (TPSA) is 41.6 Å². The van der Waals surface area contributed by atoms with E-state index in [1.165, 1.54) is 16.7 Å². The number of morpholine rings is 1. The van der Waals surface area contributed by atoms with Crippen LogP contribution in [0.25, 0.3) is 0 Å². The normalized spacial score (nSPS) is 21.8. The van der Waals surface area contributed by atoms with Crippen LogP contribution in [-0.4, -0.2) is 49.2 Å². The minimum absolute atomic E-state index is 0.0166. The SMILES string of the molecule is Cc1ccc(CCN2CCC3(CC2)CNC(=O)CO3)c(C)c1. The number of nitrogens with zero attached hydrogens (tertiary/aromatic N) is 1. The van der Waals surface area contributed by atoms with Gasteiger partial charge in [0.15, 0.2) is 0 Å². The number of aryl methyl sites for hydroxylation is 2. The summed E-state index contributed by atoms with van der Waals surface area (Å²) in [5.74, 6) is 0.0166. The van der Waals surface area contributed by atoms with E-state index in [1.807, 2.05) is 0 Å². The molecule has 4 nitrogen and oxygen atoms in total. The maximum Gasteiger partial charge on any atom is 0.246 e. The van der Waals surface area contributed by atoms with Crippen molar-refractivity contribution in [3.8, 4) is 0 Å². The van der Waals surface area contributed by atoms with Crippen molar-refractivity contribution < 1.29 is 9.53 Å². The van der Waals surface area contributed by atoms with Crippen molar-refractivity contribution in [1.29, 1.82) is 0 Å². The van der Waals surface area contributed by atoms with Crippen molar-refractivity contribution in [3.63, 3.8) is 0 Å². The third kappa shape index (κ3) is 3.50. The quantitative estimate of drug-likeness (QED) is 0.926. The van der Waals surface area contributed by atoms with E-state index < -0.39 is 0 Å². The van der Waals surface area contributed by atoms with Crippen LogP contribution >= 0.6 is 0 Å². The van der Waals surface area contributed by atoms with E-state index >= 15 is 0 Å². The predicted octanol–water partition coefficient (Wildman–Crippen LogP) is 1.83. The van der Waals surface area contributed by atoms with Crippen LogP contribution in [0, 0.1) is 13.8 Å². The lowest BCUT2D eigenvalue weighted by Gasteiger charge is -2.43. The molecule has 22 heavy (non-hydrogen) atoms. The molecule has 1 aromatic rings. The monoisotopic (exact) mass is 302 g/mol. The van der Waals surface area contributed by atoms with Crippen molar-refractivity contribution in [2.24, 2.45) is 0 Å². The Morgan fingerprint density at radius 1 is 1.27 bits per heavy atom. The summed E-state index contributed by atoms with van der Waals surface area (Å²) in [7, 11) is 0. The van der Waals surface area contributed by atoms with Gasteiger partial charge in [-0.3, -0.25) is 4.79 Å². The molecule has 1 amide bonds. The summed E-state index contributed by atoms with van der Waals surface area (Å²) in [6.45, 7) is 8.46. The molecule has 2 saturated heterocycles. The molecule has 0 atom stereocenters. The van der Waals surface area contributed by atoms with Gasteiger partial charge in [-0.05, 0) is 44.2 Å². The van der Waals surface area contributed by atoms with Gasteiger partial charge in [0.05, 0.1) is 5.60 Å². The highest BCUT2D eigenvalue weighted by atomic mass is 16.5. The standard InChI is InChI=1S/C18H26N2O2/c1-14-3-4-16(15(2)11-14)5-8-20-9-6-18(7-10-20)13-19-17(21)12-22-18/h3-4,11H,5-10,12-13H2,1-2H3,(H,19,21). The number of amides is 1. The Kier molecular flexibility index (Phi) is 4.50. The molecule has 0 aromatic heterocycles. The Bertz CT molecular complexity index is 536. The summed E-state index contributed by atoms with van der Waals surface area (Å²) < 4.78 is 5.82. The van der Waals surface area contributed by atoms with Gasteiger partial charge in [0, 0.05) is 26.2 Å². The second-order valence-electron chi connectivity index (χ2n) is 6.77. The van der Waals surface area contributed by atoms with Gasteiger partial charge >= 0.3 is 0 Å². The number of nitrogens with one attached hydrogen (secondary N) is 1. The Hall–Kier alpha value is -1.39. The summed E-state index contributed by atoms with van der Waals surface area (Å²) in [6, 6.07) is 6.72. The summed E-state index contributed by atoms with van der Waals surface area (Å²) >= 11 is 0. The van der Waals surface area contributed by atoms with Gasteiger partial charge in [0.25, 0.3) is 0 Å². The number of ether oxygens (including phenoxy) is 1. The molecule has 2 aliphatic heterocycles. The van der Waals surface area contributed by atoms with Crippen molar-refractivity contribution in [1.82, 2.24) is 10.2 Å². The first-order chi connectivity index (χ1) is 10.6. The van der Waals surface area contributed by atoms with E-state index in [-0.39, 0.29) is 18.1 Å². The maximum atomic E-state index is 11.2. The molecule has 0 aliphatic carbocycles. The van der Waals surface area contributed by atoms with Gasteiger partial charge in [0.1, 0.15) is 6.61 Å². The molecular weight excluding hydrogens is 276 g/mol. The highest BCUT2D eigenvalue weighted by Crippen LogP contribution is 2.27. The molecule has 1 aromatic carbocycles. The van der Waals surface area contributed by atoms with Gasteiger partial charge < -0.3 is 15.0 Å². The van der Waals surface area contributed by atoms with Gasteiger partial charge in [-0.25, -0.2) is 0 Å². The molecule has 120 valence electrons. The third-order valence-corrected chi connectivity index (χ3v) is 5.08. The molecule has 2 aliphatic rings. The number of likely N-dealkylation sites (tertiary alicyclic amines) is 1. The Morgan fingerprint density at radius 2 is 2.05 bits per heavy atom. The smallest absolute Gasteiger partial charge is 0.246 e. The zero-order valence-electron chi connectivity index (χ0n) is 13.7. The van der Waals surface area contributed by atoms with E-state index in [2.05, 4.69) is 42.3 Å². The minimum Gasteiger partial charge on any atom is -0.363 e. The molecule has 0 unspecified atom stereocenters. The lowest BCUT2D eigenvalue weighted by Crippen LogP contribution is -2.57. The molecule has 0 saturated carbocycles. The number of piperidine rings is 1. The molecule has 1 spiro atoms. The van der Waals surface area contributed by atoms with Gasteiger partial charge in [-0.1, -0.05) is 23.8 Å². The van der Waals surface area contributed by atoms with Crippen LogP contribution in [-0.2, 0) is 16.0 Å². The number of carbonyl (C=O) groups is 1. The Morgan fingerprint density at radius 3 is 2.68 bits per heavy atom. The van der Waals surface area contributed by atoms with Crippen LogP contribution in [0.3, 0.4) is 0 Å². The van der Waals surface area contributed by atoms with Crippen molar-refractivity contribution in [3.05, 3.63) is 34.9 Å². The van der Waals surface area contributed by atoms with Crippen LogP contribution in [0.1, 0.15) is 29.5 Å². The first-order valence-corrected chi connectivity index (χ1v) is 8.25. The van der Waals surface area contributed by atoms with Crippen LogP contribution in [0.15, 0.2) is 18.2 Å². The molecular formula is C18H26N2O2. The Balaban J connectivity index is 1.49. The maximum absolute atomic E-state index is 11.2. The summed E-state index contributed by atoms with van der Waals surface area (Å²) in [6.07, 6.45) is 3.14. The lowest BCUT2D eigenvalue weighted by molar-refractivity contribution is -0.150. The van der Waals surface area contributed by atoms with Crippen LogP contribution in [0.2, 0.25) is 0 Å². The average molecular weight is 302 g/mol. The van der Waals surface area contributed by atoms with Crippen LogP contribution in [0.4, 0.5) is 0 Å². The molecule has 0 bridgehead atoms. The lowest BCUT2D eigenvalue weighted by atomic mass is 9.89. The largest absolute Gasteiger partial charge is 0.363 e. The third-order valence-electron chi connectivity index (χ3n) is 5.08. The summed E-state index contributed by atoms with van der Waals surface area (Å²) in [5, 5.41) is 2.95.